The minimum Gasteiger partial charge on any atom is -0.325 e. The van der Waals surface area contributed by atoms with Gasteiger partial charge in [-0.2, -0.15) is 0 Å². The highest BCUT2D eigenvalue weighted by atomic mass is 16.2. The standard InChI is InChI=1S/C26H28N6O3/c1-18(33)28-21-9-5-6-10-22(21)32-25-23(24(34)29-26(32)35)27-17-31(25)20-12-15-30(16-13-20)14-11-19-7-3-2-4-8-19/h2-10,17,20H,11-16H2,1H3,(H,28,33)(H,29,34,35). The first-order valence-corrected chi connectivity index (χ1v) is 11.9. The van der Waals surface area contributed by atoms with Gasteiger partial charge in [-0.25, -0.2) is 14.3 Å². The maximum Gasteiger partial charge on any atom is 0.334 e. The van der Waals surface area contributed by atoms with Crippen molar-refractivity contribution in [1.82, 2.24) is 24.0 Å². The fraction of sp³-hybridized carbons (Fsp3) is 0.308. The number of amides is 1. The molecule has 1 saturated heterocycles. The van der Waals surface area contributed by atoms with Gasteiger partial charge in [-0.3, -0.25) is 14.6 Å². The molecule has 0 aliphatic carbocycles. The second-order valence-electron chi connectivity index (χ2n) is 8.93. The number of fused-ring (bicyclic) bond motifs is 1. The van der Waals surface area contributed by atoms with E-state index in [4.69, 9.17) is 0 Å². The summed E-state index contributed by atoms with van der Waals surface area (Å²) >= 11 is 0. The number of H-pyrrole nitrogens is 1. The topological polar surface area (TPSA) is 105 Å². The average Bonchev–Trinajstić information content (AvgIpc) is 3.30. The largest absolute Gasteiger partial charge is 0.334 e. The quantitative estimate of drug-likeness (QED) is 0.449. The number of carbonyl (C=O) groups is 1. The first kappa shape index (κ1) is 22.8. The van der Waals surface area contributed by atoms with E-state index in [1.807, 2.05) is 10.6 Å². The van der Waals surface area contributed by atoms with E-state index in [0.717, 1.165) is 38.9 Å². The lowest BCUT2D eigenvalue weighted by molar-refractivity contribution is -0.114. The summed E-state index contributed by atoms with van der Waals surface area (Å²) in [6.07, 6.45) is 4.43. The summed E-state index contributed by atoms with van der Waals surface area (Å²) in [5.41, 5.74) is 1.86. The molecule has 0 radical (unpaired) electrons. The van der Waals surface area contributed by atoms with Crippen LogP contribution in [0.3, 0.4) is 0 Å². The first-order chi connectivity index (χ1) is 17.0. The number of piperidine rings is 1. The number of aromatic nitrogens is 4. The van der Waals surface area contributed by atoms with Crippen LogP contribution in [0.5, 0.6) is 0 Å². The highest BCUT2D eigenvalue weighted by Gasteiger charge is 2.25. The number of hydrogen-bond donors (Lipinski definition) is 2. The molecule has 5 rings (SSSR count). The lowest BCUT2D eigenvalue weighted by atomic mass is 10.0. The molecule has 3 heterocycles. The van der Waals surface area contributed by atoms with Gasteiger partial charge in [0.15, 0.2) is 11.2 Å². The number of anilines is 1. The second kappa shape index (κ2) is 9.71. The van der Waals surface area contributed by atoms with E-state index in [1.54, 1.807) is 30.6 Å². The van der Waals surface area contributed by atoms with Crippen molar-refractivity contribution in [3.63, 3.8) is 0 Å². The van der Waals surface area contributed by atoms with Gasteiger partial charge in [-0.15, -0.1) is 0 Å². The van der Waals surface area contributed by atoms with Gasteiger partial charge in [0, 0.05) is 32.6 Å². The number of imidazole rings is 1. The zero-order valence-electron chi connectivity index (χ0n) is 19.6. The Balaban J connectivity index is 1.45. The maximum atomic E-state index is 13.0. The van der Waals surface area contributed by atoms with Crippen molar-refractivity contribution in [3.8, 4) is 5.69 Å². The smallest absolute Gasteiger partial charge is 0.325 e. The van der Waals surface area contributed by atoms with Crippen molar-refractivity contribution < 1.29 is 4.79 Å². The third-order valence-electron chi connectivity index (χ3n) is 6.58. The van der Waals surface area contributed by atoms with Crippen LogP contribution < -0.4 is 16.6 Å². The minimum atomic E-state index is -0.567. The molecule has 0 saturated carbocycles. The number of carbonyl (C=O) groups excluding carboxylic acids is 1. The Morgan fingerprint density at radius 2 is 1.77 bits per heavy atom. The summed E-state index contributed by atoms with van der Waals surface area (Å²) in [6, 6.07) is 17.6. The third kappa shape index (κ3) is 4.67. The molecule has 0 spiro atoms. The number of nitrogens with one attached hydrogen (secondary N) is 2. The number of aromatic amines is 1. The van der Waals surface area contributed by atoms with Gasteiger partial charge >= 0.3 is 5.69 Å². The van der Waals surface area contributed by atoms with Crippen LogP contribution in [0, 0.1) is 0 Å². The molecule has 2 N–H and O–H groups in total. The van der Waals surface area contributed by atoms with Gasteiger partial charge in [0.25, 0.3) is 5.56 Å². The molecular weight excluding hydrogens is 444 g/mol. The Morgan fingerprint density at radius 1 is 1.06 bits per heavy atom. The van der Waals surface area contributed by atoms with Crippen LogP contribution >= 0.6 is 0 Å². The number of nitrogens with zero attached hydrogens (tertiary/aromatic N) is 4. The fourth-order valence-electron chi connectivity index (χ4n) is 4.85. The molecule has 9 heteroatoms. The van der Waals surface area contributed by atoms with E-state index in [2.05, 4.69) is 44.5 Å². The Hall–Kier alpha value is -3.98. The highest BCUT2D eigenvalue weighted by Crippen LogP contribution is 2.28. The first-order valence-electron chi connectivity index (χ1n) is 11.9. The number of benzene rings is 2. The summed E-state index contributed by atoms with van der Waals surface area (Å²) in [7, 11) is 0. The van der Waals surface area contributed by atoms with Crippen LogP contribution in [-0.2, 0) is 11.2 Å². The molecule has 1 aliphatic heterocycles. The van der Waals surface area contributed by atoms with Gasteiger partial charge in [-0.1, -0.05) is 42.5 Å². The molecule has 0 atom stereocenters. The zero-order valence-corrected chi connectivity index (χ0v) is 19.6. The van der Waals surface area contributed by atoms with Gasteiger partial charge < -0.3 is 14.8 Å². The molecule has 1 aliphatic rings. The monoisotopic (exact) mass is 472 g/mol. The lowest BCUT2D eigenvalue weighted by Crippen LogP contribution is -2.37. The van der Waals surface area contributed by atoms with Gasteiger partial charge in [0.1, 0.15) is 0 Å². The molecule has 0 unspecified atom stereocenters. The van der Waals surface area contributed by atoms with E-state index in [-0.39, 0.29) is 17.5 Å². The Bertz CT molecular complexity index is 1460. The zero-order chi connectivity index (χ0) is 24.4. The van der Waals surface area contributed by atoms with E-state index < -0.39 is 11.2 Å². The molecule has 9 nitrogen and oxygen atoms in total. The highest BCUT2D eigenvalue weighted by molar-refractivity contribution is 5.91. The number of rotatable bonds is 6. The number of likely N-dealkylation sites (tertiary alicyclic amines) is 1. The van der Waals surface area contributed by atoms with Gasteiger partial charge in [0.05, 0.1) is 17.7 Å². The second-order valence-corrected chi connectivity index (χ2v) is 8.93. The normalized spacial score (nSPS) is 14.9. The molecule has 35 heavy (non-hydrogen) atoms. The van der Waals surface area contributed by atoms with Crippen molar-refractivity contribution in [2.75, 3.05) is 25.0 Å². The predicted octanol–water partition coefficient (Wildman–Crippen LogP) is 2.71. The van der Waals surface area contributed by atoms with E-state index in [1.165, 1.54) is 17.1 Å². The van der Waals surface area contributed by atoms with Crippen LogP contribution in [0.2, 0.25) is 0 Å². The van der Waals surface area contributed by atoms with E-state index >= 15 is 0 Å². The van der Waals surface area contributed by atoms with Crippen molar-refractivity contribution in [1.29, 1.82) is 0 Å². The average molecular weight is 473 g/mol. The number of hydrogen-bond acceptors (Lipinski definition) is 5. The SMILES string of the molecule is CC(=O)Nc1ccccc1-n1c(=O)[nH]c(=O)c2ncn(C3CCN(CCc4ccccc4)CC3)c21. The van der Waals surface area contributed by atoms with Crippen molar-refractivity contribution in [2.45, 2.75) is 32.2 Å². The lowest BCUT2D eigenvalue weighted by Gasteiger charge is -2.33. The molecule has 1 fully saturated rings. The molecule has 1 amide bonds. The van der Waals surface area contributed by atoms with Crippen molar-refractivity contribution >= 4 is 22.8 Å². The van der Waals surface area contributed by atoms with Crippen LogP contribution in [0.4, 0.5) is 5.69 Å². The van der Waals surface area contributed by atoms with Gasteiger partial charge in [-0.05, 0) is 37.0 Å². The minimum absolute atomic E-state index is 0.105. The van der Waals surface area contributed by atoms with Crippen LogP contribution in [0.15, 0.2) is 70.5 Å². The number of para-hydroxylation sites is 2. The Kier molecular flexibility index (Phi) is 6.33. The van der Waals surface area contributed by atoms with Gasteiger partial charge in [0.2, 0.25) is 5.91 Å². The van der Waals surface area contributed by atoms with E-state index in [0.29, 0.717) is 17.0 Å². The Morgan fingerprint density at radius 3 is 2.51 bits per heavy atom. The van der Waals surface area contributed by atoms with Crippen LogP contribution in [0.25, 0.3) is 16.9 Å². The molecule has 4 aromatic rings. The summed E-state index contributed by atoms with van der Waals surface area (Å²) in [5.74, 6) is -0.248. The molecule has 2 aromatic heterocycles. The maximum absolute atomic E-state index is 13.0. The molecule has 0 bridgehead atoms. The summed E-state index contributed by atoms with van der Waals surface area (Å²) < 4.78 is 3.39. The van der Waals surface area contributed by atoms with Crippen molar-refractivity contribution in [2.24, 2.45) is 0 Å². The van der Waals surface area contributed by atoms with Crippen LogP contribution in [0.1, 0.15) is 31.4 Å². The fourth-order valence-corrected chi connectivity index (χ4v) is 4.85. The summed E-state index contributed by atoms with van der Waals surface area (Å²) in [5, 5.41) is 2.78. The molecular formula is C26H28N6O3. The third-order valence-corrected chi connectivity index (χ3v) is 6.58. The van der Waals surface area contributed by atoms with Crippen LogP contribution in [-0.4, -0.2) is 49.5 Å². The van der Waals surface area contributed by atoms with E-state index in [9.17, 15) is 14.4 Å². The Labute approximate surface area is 202 Å². The predicted molar refractivity (Wildman–Crippen MR) is 135 cm³/mol. The molecule has 2 aromatic carbocycles. The summed E-state index contributed by atoms with van der Waals surface area (Å²) in [4.78, 5) is 46.6. The van der Waals surface area contributed by atoms with Crippen molar-refractivity contribution in [3.05, 3.63) is 87.3 Å². The molecule has 180 valence electrons. The summed E-state index contributed by atoms with van der Waals surface area (Å²) in [6.45, 7) is 4.26.